The van der Waals surface area contributed by atoms with E-state index in [1.165, 1.54) is 56.7 Å². The minimum Gasteiger partial charge on any atom is -1.00 e. The molecule has 8 heteroatoms. The second kappa shape index (κ2) is 16.4. The van der Waals surface area contributed by atoms with E-state index in [9.17, 15) is 4.79 Å². The molecule has 0 radical (unpaired) electrons. The van der Waals surface area contributed by atoms with Gasteiger partial charge in [0.05, 0.1) is 37.3 Å². The molecule has 1 aromatic rings. The largest absolute Gasteiger partial charge is 1.00 e. The maximum atomic E-state index is 13.6. The zero-order valence-electron chi connectivity index (χ0n) is 23.7. The van der Waals surface area contributed by atoms with E-state index in [0.717, 1.165) is 75.7 Å². The van der Waals surface area contributed by atoms with Gasteiger partial charge >= 0.3 is 5.97 Å². The molecule has 1 aromatic heterocycles. The third-order valence-electron chi connectivity index (χ3n) is 8.47. The van der Waals surface area contributed by atoms with Crippen LogP contribution >= 0.6 is 11.7 Å². The minimum atomic E-state index is -0.272. The molecular formula is C29H50IN3O3S. The van der Waals surface area contributed by atoms with Crippen molar-refractivity contribution in [1.82, 2.24) is 8.75 Å². The lowest BCUT2D eigenvalue weighted by Gasteiger charge is -2.43. The average Bonchev–Trinajstić information content (AvgIpc) is 3.36. The molecule has 3 rings (SSSR count). The summed E-state index contributed by atoms with van der Waals surface area (Å²) in [5, 5.41) is 0. The third kappa shape index (κ3) is 9.16. The smallest absolute Gasteiger partial charge is 0.316 e. The van der Waals surface area contributed by atoms with Gasteiger partial charge in [-0.1, -0.05) is 84.1 Å². The molecule has 2 aliphatic rings. The molecule has 37 heavy (non-hydrogen) atoms. The molecule has 6 nitrogen and oxygen atoms in total. The van der Waals surface area contributed by atoms with E-state index in [1.807, 2.05) is 0 Å². The van der Waals surface area contributed by atoms with Crippen LogP contribution in [0.15, 0.2) is 6.08 Å². The molecule has 1 aliphatic heterocycles. The standard InChI is InChI=1S/C29H50N3O3S.HI/c1-5-7-9-12-18-29(19-13-11-14-20-29)28(33)35-24(3)32(4)21-16-17-25(23-32)26-27(31-36-30-26)34-22-15-10-8-6-2;/h17,24H,5-16,18-23H2,1-4H3;1H/q+1;/p-1. The number of rotatable bonds is 15. The van der Waals surface area contributed by atoms with Crippen molar-refractivity contribution < 1.29 is 42.7 Å². The van der Waals surface area contributed by atoms with Crippen LogP contribution in [-0.2, 0) is 9.53 Å². The zero-order chi connectivity index (χ0) is 25.9. The number of likely N-dealkylation sites (N-methyl/N-ethyl adjacent to an activating group) is 1. The Morgan fingerprint density at radius 2 is 1.76 bits per heavy atom. The fourth-order valence-corrected chi connectivity index (χ4v) is 6.33. The first-order valence-electron chi connectivity index (χ1n) is 14.6. The maximum absolute atomic E-state index is 13.6. The van der Waals surface area contributed by atoms with Crippen LogP contribution in [0, 0.1) is 5.41 Å². The highest BCUT2D eigenvalue weighted by Crippen LogP contribution is 2.43. The molecule has 0 spiro atoms. The lowest BCUT2D eigenvalue weighted by atomic mass is 9.71. The number of esters is 1. The Labute approximate surface area is 246 Å². The average molecular weight is 648 g/mol. The minimum absolute atomic E-state index is 0. The van der Waals surface area contributed by atoms with E-state index in [0.29, 0.717) is 17.0 Å². The van der Waals surface area contributed by atoms with Gasteiger partial charge in [0, 0.05) is 18.9 Å². The fourth-order valence-electron chi connectivity index (χ4n) is 5.80. The van der Waals surface area contributed by atoms with Gasteiger partial charge in [0.15, 0.2) is 0 Å². The SMILES string of the molecule is CCCCCCOc1nsnc1C1=CCC[N+](C)(C(C)OC(=O)C2(CCCCCC)CCCCC2)C1.[I-]. The highest BCUT2D eigenvalue weighted by molar-refractivity contribution is 6.99. The summed E-state index contributed by atoms with van der Waals surface area (Å²) in [5.74, 6) is 0.710. The van der Waals surface area contributed by atoms with E-state index < -0.39 is 0 Å². The van der Waals surface area contributed by atoms with Crippen LogP contribution in [0.2, 0.25) is 0 Å². The number of halogens is 1. The van der Waals surface area contributed by atoms with E-state index in [4.69, 9.17) is 9.47 Å². The number of unbranched alkanes of at least 4 members (excludes halogenated alkanes) is 6. The van der Waals surface area contributed by atoms with Gasteiger partial charge < -0.3 is 33.5 Å². The monoisotopic (exact) mass is 647 g/mol. The topological polar surface area (TPSA) is 61.3 Å². The fraction of sp³-hybridized carbons (Fsp3) is 0.828. The van der Waals surface area contributed by atoms with Crippen LogP contribution in [0.4, 0.5) is 0 Å². The van der Waals surface area contributed by atoms with Gasteiger partial charge in [0.1, 0.15) is 12.2 Å². The number of carbonyl (C=O) groups excluding carboxylic acids is 1. The molecule has 2 heterocycles. The Balaban J connectivity index is 0.00000481. The quantitative estimate of drug-likeness (QED) is 0.121. The van der Waals surface area contributed by atoms with Crippen LogP contribution in [0.3, 0.4) is 0 Å². The van der Waals surface area contributed by atoms with Gasteiger partial charge in [-0.3, -0.25) is 9.28 Å². The Bertz CT molecular complexity index is 840. The van der Waals surface area contributed by atoms with Crippen molar-refractivity contribution in [2.24, 2.45) is 5.41 Å². The maximum Gasteiger partial charge on any atom is 0.316 e. The summed E-state index contributed by atoms with van der Waals surface area (Å²) >= 11 is 1.22. The molecule has 1 saturated carbocycles. The number of hydrogen-bond acceptors (Lipinski definition) is 6. The van der Waals surface area contributed by atoms with Crippen molar-refractivity contribution >= 4 is 23.3 Å². The Kier molecular flexibility index (Phi) is 14.4. The number of nitrogens with zero attached hydrogens (tertiary/aromatic N) is 3. The second-order valence-electron chi connectivity index (χ2n) is 11.4. The van der Waals surface area contributed by atoms with E-state index in [-0.39, 0.29) is 41.6 Å². The van der Waals surface area contributed by atoms with Crippen LogP contribution in [0.5, 0.6) is 5.88 Å². The normalized spacial score (nSPS) is 22.0. The predicted molar refractivity (Wildman–Crippen MR) is 148 cm³/mol. The molecule has 212 valence electrons. The summed E-state index contributed by atoms with van der Waals surface area (Å²) < 4.78 is 22.1. The molecule has 2 unspecified atom stereocenters. The summed E-state index contributed by atoms with van der Waals surface area (Å²) in [5.41, 5.74) is 1.76. The van der Waals surface area contributed by atoms with Crippen molar-refractivity contribution in [2.75, 3.05) is 26.7 Å². The lowest BCUT2D eigenvalue weighted by Crippen LogP contribution is -3.00. The van der Waals surface area contributed by atoms with E-state index >= 15 is 0 Å². The van der Waals surface area contributed by atoms with Crippen LogP contribution in [0.25, 0.3) is 5.57 Å². The molecular weight excluding hydrogens is 597 g/mol. The Hall–Kier alpha value is -0.740. The number of aromatic nitrogens is 2. The van der Waals surface area contributed by atoms with Crippen molar-refractivity contribution in [3.63, 3.8) is 0 Å². The van der Waals surface area contributed by atoms with Crippen molar-refractivity contribution in [2.45, 2.75) is 123 Å². The molecule has 0 aromatic carbocycles. The number of hydrogen-bond donors (Lipinski definition) is 0. The first-order valence-corrected chi connectivity index (χ1v) is 15.4. The van der Waals surface area contributed by atoms with E-state index in [2.05, 4.69) is 42.6 Å². The highest BCUT2D eigenvalue weighted by Gasteiger charge is 2.44. The number of quaternary nitrogens is 1. The molecule has 0 amide bonds. The third-order valence-corrected chi connectivity index (χ3v) is 8.98. The van der Waals surface area contributed by atoms with Crippen LogP contribution < -0.4 is 28.7 Å². The molecule has 2 atom stereocenters. The van der Waals surface area contributed by atoms with Crippen molar-refractivity contribution in [1.29, 1.82) is 0 Å². The predicted octanol–water partition coefficient (Wildman–Crippen LogP) is 4.55. The summed E-state index contributed by atoms with van der Waals surface area (Å²) in [6.45, 7) is 8.95. The molecule has 1 aliphatic carbocycles. The first kappa shape index (κ1) is 32.5. The Morgan fingerprint density at radius 3 is 2.46 bits per heavy atom. The summed E-state index contributed by atoms with van der Waals surface area (Å²) in [7, 11) is 2.21. The summed E-state index contributed by atoms with van der Waals surface area (Å²) in [4.78, 5) is 13.6. The first-order chi connectivity index (χ1) is 17.4. The summed E-state index contributed by atoms with van der Waals surface area (Å²) in [6, 6.07) is 0. The molecule has 0 N–H and O–H groups in total. The molecule has 0 bridgehead atoms. The van der Waals surface area contributed by atoms with Gasteiger partial charge in [-0.25, -0.2) is 0 Å². The van der Waals surface area contributed by atoms with Gasteiger partial charge in [-0.2, -0.15) is 4.37 Å². The van der Waals surface area contributed by atoms with Crippen LogP contribution in [0.1, 0.15) is 123 Å². The van der Waals surface area contributed by atoms with Gasteiger partial charge in [0.25, 0.3) is 5.88 Å². The van der Waals surface area contributed by atoms with Crippen LogP contribution in [-0.4, -0.2) is 52.2 Å². The second-order valence-corrected chi connectivity index (χ2v) is 11.9. The number of ether oxygens (including phenoxy) is 2. The molecule has 1 fully saturated rings. The lowest BCUT2D eigenvalue weighted by molar-refractivity contribution is -0.944. The molecule has 0 saturated heterocycles. The zero-order valence-corrected chi connectivity index (χ0v) is 26.7. The Morgan fingerprint density at radius 1 is 1.05 bits per heavy atom. The summed E-state index contributed by atoms with van der Waals surface area (Å²) in [6.07, 6.45) is 19.0. The van der Waals surface area contributed by atoms with Crippen molar-refractivity contribution in [3.8, 4) is 5.88 Å². The van der Waals surface area contributed by atoms with Gasteiger partial charge in [-0.05, 0) is 25.7 Å². The highest BCUT2D eigenvalue weighted by atomic mass is 127. The van der Waals surface area contributed by atoms with Crippen molar-refractivity contribution in [3.05, 3.63) is 11.8 Å². The van der Waals surface area contributed by atoms with Gasteiger partial charge in [0.2, 0.25) is 6.23 Å². The van der Waals surface area contributed by atoms with Gasteiger partial charge in [-0.15, -0.1) is 4.37 Å². The number of carbonyl (C=O) groups is 1. The van der Waals surface area contributed by atoms with E-state index in [1.54, 1.807) is 0 Å².